The second-order valence-corrected chi connectivity index (χ2v) is 8.44. The second kappa shape index (κ2) is 9.37. The fourth-order valence-corrected chi connectivity index (χ4v) is 3.62. The van der Waals surface area contributed by atoms with E-state index in [4.69, 9.17) is 0 Å². The first-order valence-corrected chi connectivity index (χ1v) is 10.7. The van der Waals surface area contributed by atoms with Crippen molar-refractivity contribution < 1.29 is 13.2 Å². The van der Waals surface area contributed by atoms with E-state index in [9.17, 15) is 13.2 Å². The zero-order valence-electron chi connectivity index (χ0n) is 15.8. The molecule has 2 rings (SSSR count). The number of hydrogen-bond acceptors (Lipinski definition) is 3. The molecule has 1 amide bonds. The van der Waals surface area contributed by atoms with Crippen LogP contribution in [-0.4, -0.2) is 33.2 Å². The lowest BCUT2D eigenvalue weighted by Crippen LogP contribution is -2.33. The van der Waals surface area contributed by atoms with Crippen LogP contribution in [0.3, 0.4) is 0 Å². The molecule has 5 nitrogen and oxygen atoms in total. The third kappa shape index (κ3) is 6.25. The molecule has 0 unspecified atom stereocenters. The highest BCUT2D eigenvalue weighted by molar-refractivity contribution is 7.92. The number of nitrogens with zero attached hydrogens (tertiary/aromatic N) is 1. The number of hydrogen-bond donors (Lipinski definition) is 1. The standard InChI is InChI=1S/C21H26N2O3S/c1-4-16-23(27(3,25)26)20-14-12-19(13-15-20)21(24)22-17(2)10-11-18-8-6-5-7-9-18/h4-9,12-15,17H,1,10-11,16H2,2-3H3,(H,22,24)/t17-/m1/s1. The Balaban J connectivity index is 1.97. The van der Waals surface area contributed by atoms with Crippen LogP contribution in [0.4, 0.5) is 5.69 Å². The van der Waals surface area contributed by atoms with Gasteiger partial charge < -0.3 is 5.32 Å². The first kappa shape index (κ1) is 20.7. The maximum atomic E-state index is 12.4. The second-order valence-electron chi connectivity index (χ2n) is 6.53. The molecule has 0 heterocycles. The van der Waals surface area contributed by atoms with Crippen LogP contribution in [-0.2, 0) is 16.4 Å². The molecule has 0 aliphatic rings. The number of sulfonamides is 1. The number of amides is 1. The van der Waals surface area contributed by atoms with Gasteiger partial charge in [0, 0.05) is 11.6 Å². The summed E-state index contributed by atoms with van der Waals surface area (Å²) in [4.78, 5) is 12.4. The topological polar surface area (TPSA) is 66.5 Å². The van der Waals surface area contributed by atoms with Gasteiger partial charge in [-0.15, -0.1) is 6.58 Å². The predicted octanol–water partition coefficient (Wildman–Crippen LogP) is 3.39. The molecule has 0 saturated carbocycles. The van der Waals surface area contributed by atoms with Gasteiger partial charge in [0.2, 0.25) is 10.0 Å². The molecule has 2 aromatic rings. The molecule has 0 aromatic heterocycles. The lowest BCUT2D eigenvalue weighted by molar-refractivity contribution is 0.0938. The maximum Gasteiger partial charge on any atom is 0.251 e. The first-order chi connectivity index (χ1) is 12.8. The summed E-state index contributed by atoms with van der Waals surface area (Å²) in [6.45, 7) is 5.75. The summed E-state index contributed by atoms with van der Waals surface area (Å²) in [6, 6.07) is 16.7. The maximum absolute atomic E-state index is 12.4. The number of aryl methyl sites for hydroxylation is 1. The Morgan fingerprint density at radius 2 is 1.78 bits per heavy atom. The normalized spacial score (nSPS) is 12.2. The van der Waals surface area contributed by atoms with Crippen LogP contribution in [0.1, 0.15) is 29.3 Å². The van der Waals surface area contributed by atoms with Crippen LogP contribution < -0.4 is 9.62 Å². The number of carbonyl (C=O) groups excluding carboxylic acids is 1. The molecule has 144 valence electrons. The fraction of sp³-hybridized carbons (Fsp3) is 0.286. The van der Waals surface area contributed by atoms with Crippen LogP contribution in [0.5, 0.6) is 0 Å². The average Bonchev–Trinajstić information content (AvgIpc) is 2.64. The van der Waals surface area contributed by atoms with Gasteiger partial charge in [-0.2, -0.15) is 0 Å². The zero-order valence-corrected chi connectivity index (χ0v) is 16.6. The third-order valence-electron chi connectivity index (χ3n) is 4.20. The summed E-state index contributed by atoms with van der Waals surface area (Å²) >= 11 is 0. The van der Waals surface area contributed by atoms with Gasteiger partial charge in [-0.1, -0.05) is 36.4 Å². The fourth-order valence-electron chi connectivity index (χ4n) is 2.74. The van der Waals surface area contributed by atoms with Crippen LogP contribution in [0.15, 0.2) is 67.3 Å². The highest BCUT2D eigenvalue weighted by atomic mass is 32.2. The van der Waals surface area contributed by atoms with Gasteiger partial charge in [-0.05, 0) is 49.6 Å². The van der Waals surface area contributed by atoms with Gasteiger partial charge in [0.15, 0.2) is 0 Å². The smallest absolute Gasteiger partial charge is 0.251 e. The van der Waals surface area contributed by atoms with Gasteiger partial charge >= 0.3 is 0 Å². The van der Waals surface area contributed by atoms with Crippen molar-refractivity contribution in [2.24, 2.45) is 0 Å². The van der Waals surface area contributed by atoms with Gasteiger partial charge in [-0.3, -0.25) is 9.10 Å². The Morgan fingerprint density at radius 1 is 1.15 bits per heavy atom. The Morgan fingerprint density at radius 3 is 2.33 bits per heavy atom. The molecule has 6 heteroatoms. The highest BCUT2D eigenvalue weighted by Gasteiger charge is 2.16. The van der Waals surface area contributed by atoms with Crippen LogP contribution in [0.2, 0.25) is 0 Å². The van der Waals surface area contributed by atoms with Crippen molar-refractivity contribution in [2.75, 3.05) is 17.1 Å². The molecule has 27 heavy (non-hydrogen) atoms. The summed E-state index contributed by atoms with van der Waals surface area (Å²) in [5.41, 5.74) is 2.24. The summed E-state index contributed by atoms with van der Waals surface area (Å²) in [6.07, 6.45) is 4.41. The third-order valence-corrected chi connectivity index (χ3v) is 5.36. The molecule has 0 aliphatic heterocycles. The van der Waals surface area contributed by atoms with E-state index in [0.29, 0.717) is 11.3 Å². The van der Waals surface area contributed by atoms with Crippen molar-refractivity contribution in [3.8, 4) is 0 Å². The Hall–Kier alpha value is -2.60. The monoisotopic (exact) mass is 386 g/mol. The Kier molecular flexibility index (Phi) is 7.19. The van der Waals surface area contributed by atoms with Gasteiger partial charge in [-0.25, -0.2) is 8.42 Å². The number of benzene rings is 2. The van der Waals surface area contributed by atoms with E-state index in [-0.39, 0.29) is 18.5 Å². The number of carbonyl (C=O) groups is 1. The van der Waals surface area contributed by atoms with E-state index in [1.54, 1.807) is 24.3 Å². The predicted molar refractivity (Wildman–Crippen MR) is 111 cm³/mol. The number of nitrogens with one attached hydrogen (secondary N) is 1. The summed E-state index contributed by atoms with van der Waals surface area (Å²) in [7, 11) is -3.40. The lowest BCUT2D eigenvalue weighted by Gasteiger charge is -2.21. The van der Waals surface area contributed by atoms with Crippen molar-refractivity contribution in [2.45, 2.75) is 25.8 Å². The molecule has 0 radical (unpaired) electrons. The molecule has 0 fully saturated rings. The van der Waals surface area contributed by atoms with E-state index in [2.05, 4.69) is 24.0 Å². The summed E-state index contributed by atoms with van der Waals surface area (Å²) < 4.78 is 25.0. The van der Waals surface area contributed by atoms with E-state index in [1.807, 2.05) is 25.1 Å². The molecule has 0 bridgehead atoms. The van der Waals surface area contributed by atoms with Gasteiger partial charge in [0.25, 0.3) is 5.91 Å². The molecular weight excluding hydrogens is 360 g/mol. The molecule has 0 spiro atoms. The lowest BCUT2D eigenvalue weighted by atomic mass is 10.1. The number of rotatable bonds is 9. The van der Waals surface area contributed by atoms with Crippen molar-refractivity contribution in [1.29, 1.82) is 0 Å². The van der Waals surface area contributed by atoms with E-state index in [0.717, 1.165) is 19.1 Å². The molecule has 1 N–H and O–H groups in total. The van der Waals surface area contributed by atoms with Crippen molar-refractivity contribution in [3.63, 3.8) is 0 Å². The molecule has 0 saturated heterocycles. The van der Waals surface area contributed by atoms with Crippen molar-refractivity contribution in [3.05, 3.63) is 78.4 Å². The number of anilines is 1. The largest absolute Gasteiger partial charge is 0.350 e. The van der Waals surface area contributed by atoms with Crippen molar-refractivity contribution in [1.82, 2.24) is 5.32 Å². The van der Waals surface area contributed by atoms with Crippen LogP contribution >= 0.6 is 0 Å². The van der Waals surface area contributed by atoms with Gasteiger partial charge in [0.05, 0.1) is 18.5 Å². The minimum atomic E-state index is -3.40. The average molecular weight is 387 g/mol. The molecular formula is C21H26N2O3S. The SMILES string of the molecule is C=CCN(c1ccc(C(=O)N[C@H](C)CCc2ccccc2)cc1)S(C)(=O)=O. The molecule has 1 atom stereocenters. The Labute approximate surface area is 161 Å². The van der Waals surface area contributed by atoms with Crippen molar-refractivity contribution >= 4 is 21.6 Å². The zero-order chi connectivity index (χ0) is 19.9. The van der Waals surface area contributed by atoms with E-state index < -0.39 is 10.0 Å². The highest BCUT2D eigenvalue weighted by Crippen LogP contribution is 2.18. The quantitative estimate of drug-likeness (QED) is 0.672. The summed E-state index contributed by atoms with van der Waals surface area (Å²) in [5, 5.41) is 2.98. The minimum absolute atomic E-state index is 0.0330. The summed E-state index contributed by atoms with van der Waals surface area (Å²) in [5.74, 6) is -0.170. The first-order valence-electron chi connectivity index (χ1n) is 8.84. The van der Waals surface area contributed by atoms with E-state index >= 15 is 0 Å². The van der Waals surface area contributed by atoms with Crippen LogP contribution in [0.25, 0.3) is 0 Å². The van der Waals surface area contributed by atoms with Gasteiger partial charge in [0.1, 0.15) is 0 Å². The van der Waals surface area contributed by atoms with E-state index in [1.165, 1.54) is 15.9 Å². The Bertz CT molecular complexity index is 862. The van der Waals surface area contributed by atoms with Crippen LogP contribution in [0, 0.1) is 0 Å². The molecule has 0 aliphatic carbocycles. The minimum Gasteiger partial charge on any atom is -0.350 e. The molecule has 2 aromatic carbocycles.